The normalized spacial score (nSPS) is 11.3. The van der Waals surface area contributed by atoms with E-state index in [0.29, 0.717) is 13.1 Å². The second-order valence-electron chi connectivity index (χ2n) is 4.96. The summed E-state index contributed by atoms with van der Waals surface area (Å²) < 4.78 is 2.08. The lowest BCUT2D eigenvalue weighted by Gasteiger charge is -2.06. The van der Waals surface area contributed by atoms with E-state index < -0.39 is 0 Å². The maximum absolute atomic E-state index is 5.57. The molecule has 0 unspecified atom stereocenters. The molecule has 0 aliphatic rings. The van der Waals surface area contributed by atoms with Crippen molar-refractivity contribution in [2.24, 2.45) is 5.73 Å². The predicted molar refractivity (Wildman–Crippen MR) is 91.4 cm³/mol. The number of imidazole rings is 1. The largest absolute Gasteiger partial charge is 0.366 e. The third-order valence-electron chi connectivity index (χ3n) is 3.49. The van der Waals surface area contributed by atoms with Crippen molar-refractivity contribution in [3.63, 3.8) is 0 Å². The van der Waals surface area contributed by atoms with Crippen LogP contribution in [0.25, 0.3) is 26.4 Å². The number of nitrogens with two attached hydrogens (primary N) is 1. The van der Waals surface area contributed by atoms with Gasteiger partial charge in [0, 0.05) is 30.4 Å². The van der Waals surface area contributed by atoms with Crippen molar-refractivity contribution in [1.82, 2.24) is 14.4 Å². The maximum Gasteiger partial charge on any atom is 0.181 e. The van der Waals surface area contributed by atoms with Gasteiger partial charge in [0.1, 0.15) is 10.3 Å². The highest BCUT2D eigenvalue weighted by Crippen LogP contribution is 2.34. The van der Waals surface area contributed by atoms with E-state index in [9.17, 15) is 0 Å². The summed E-state index contributed by atoms with van der Waals surface area (Å²) >= 11 is 1.73. The fraction of sp³-hybridized carbons (Fsp3) is 0.125. The average Bonchev–Trinajstić information content (AvgIpc) is 3.19. The molecule has 3 N–H and O–H groups in total. The van der Waals surface area contributed by atoms with Crippen LogP contribution in [0.4, 0.5) is 5.82 Å². The number of aromatic nitrogens is 3. The third-order valence-corrected chi connectivity index (χ3v) is 4.66. The summed E-state index contributed by atoms with van der Waals surface area (Å²) in [6.45, 7) is 1.24. The highest BCUT2D eigenvalue weighted by Gasteiger charge is 2.13. The Morgan fingerprint density at radius 2 is 2.09 bits per heavy atom. The Balaban J connectivity index is 1.92. The summed E-state index contributed by atoms with van der Waals surface area (Å²) in [5, 5.41) is 3.25. The van der Waals surface area contributed by atoms with Crippen molar-refractivity contribution in [1.29, 1.82) is 0 Å². The van der Waals surface area contributed by atoms with Crippen LogP contribution in [0.15, 0.2) is 48.8 Å². The van der Waals surface area contributed by atoms with Gasteiger partial charge in [-0.05, 0) is 11.6 Å². The number of hydrogen-bond donors (Lipinski definition) is 2. The smallest absolute Gasteiger partial charge is 0.181 e. The summed E-state index contributed by atoms with van der Waals surface area (Å²) in [7, 11) is 0. The van der Waals surface area contributed by atoms with Crippen LogP contribution in [-0.4, -0.2) is 27.5 Å². The Hall–Kier alpha value is -2.44. The highest BCUT2D eigenvalue weighted by atomic mass is 32.1. The Labute approximate surface area is 131 Å². The molecule has 4 rings (SSSR count). The van der Waals surface area contributed by atoms with Crippen LogP contribution < -0.4 is 11.1 Å². The fourth-order valence-electron chi connectivity index (χ4n) is 2.49. The second-order valence-corrected chi connectivity index (χ2v) is 5.99. The van der Waals surface area contributed by atoms with Gasteiger partial charge in [-0.1, -0.05) is 30.3 Å². The summed E-state index contributed by atoms with van der Waals surface area (Å²) in [4.78, 5) is 11.4. The minimum absolute atomic E-state index is 0.561. The lowest BCUT2D eigenvalue weighted by Crippen LogP contribution is -2.14. The zero-order valence-corrected chi connectivity index (χ0v) is 12.7. The molecular formula is C16H15N5S. The standard InChI is InChI=1S/C16H15N5S/c17-6-7-18-14-15-19-8-9-21(15)16-12(20-14)10-13(22-16)11-4-2-1-3-5-11/h1-5,8-10H,6-7,17H2,(H,18,20). The van der Waals surface area contributed by atoms with Gasteiger partial charge in [-0.25, -0.2) is 9.97 Å². The number of nitrogens with zero attached hydrogens (tertiary/aromatic N) is 3. The van der Waals surface area contributed by atoms with Gasteiger partial charge in [-0.3, -0.25) is 4.40 Å². The number of hydrogen-bond acceptors (Lipinski definition) is 5. The first-order valence-corrected chi connectivity index (χ1v) is 7.94. The van der Waals surface area contributed by atoms with E-state index in [2.05, 4.69) is 32.9 Å². The van der Waals surface area contributed by atoms with Crippen LogP contribution >= 0.6 is 11.3 Å². The van der Waals surface area contributed by atoms with E-state index in [1.54, 1.807) is 17.5 Å². The molecule has 0 radical (unpaired) electrons. The number of nitrogens with one attached hydrogen (secondary N) is 1. The number of rotatable bonds is 4. The van der Waals surface area contributed by atoms with E-state index in [1.807, 2.05) is 24.4 Å². The topological polar surface area (TPSA) is 68.2 Å². The first-order chi connectivity index (χ1) is 10.9. The van der Waals surface area contributed by atoms with Gasteiger partial charge < -0.3 is 11.1 Å². The van der Waals surface area contributed by atoms with Gasteiger partial charge in [-0.15, -0.1) is 11.3 Å². The van der Waals surface area contributed by atoms with E-state index in [4.69, 9.17) is 10.7 Å². The molecule has 0 aliphatic carbocycles. The summed E-state index contributed by atoms with van der Waals surface area (Å²) in [5.41, 5.74) is 8.58. The average molecular weight is 309 g/mol. The van der Waals surface area contributed by atoms with Crippen LogP contribution in [0.3, 0.4) is 0 Å². The zero-order valence-electron chi connectivity index (χ0n) is 11.9. The molecule has 1 aromatic carbocycles. The predicted octanol–water partition coefficient (Wildman–Crippen LogP) is 2.98. The first-order valence-electron chi connectivity index (χ1n) is 7.13. The van der Waals surface area contributed by atoms with Crippen LogP contribution in [0, 0.1) is 0 Å². The van der Waals surface area contributed by atoms with Crippen LogP contribution in [0.5, 0.6) is 0 Å². The number of fused-ring (bicyclic) bond motifs is 3. The van der Waals surface area contributed by atoms with Gasteiger partial charge in [0.25, 0.3) is 0 Å². The molecule has 0 fully saturated rings. The molecule has 5 nitrogen and oxygen atoms in total. The lowest BCUT2D eigenvalue weighted by molar-refractivity contribution is 1.01. The molecule has 0 atom stereocenters. The van der Waals surface area contributed by atoms with Crippen molar-refractivity contribution in [2.45, 2.75) is 0 Å². The molecule has 0 spiro atoms. The molecule has 22 heavy (non-hydrogen) atoms. The first kappa shape index (κ1) is 13.2. The summed E-state index contributed by atoms with van der Waals surface area (Å²) in [5.74, 6) is 0.778. The molecule has 0 aliphatic heterocycles. The number of anilines is 1. The molecule has 0 bridgehead atoms. The molecule has 110 valence electrons. The van der Waals surface area contributed by atoms with E-state index in [0.717, 1.165) is 21.8 Å². The van der Waals surface area contributed by atoms with E-state index >= 15 is 0 Å². The van der Waals surface area contributed by atoms with Crippen molar-refractivity contribution in [3.8, 4) is 10.4 Å². The van der Waals surface area contributed by atoms with Crippen molar-refractivity contribution in [2.75, 3.05) is 18.4 Å². The Morgan fingerprint density at radius 3 is 2.91 bits per heavy atom. The minimum Gasteiger partial charge on any atom is -0.366 e. The molecular weight excluding hydrogens is 294 g/mol. The van der Waals surface area contributed by atoms with Crippen molar-refractivity contribution in [3.05, 3.63) is 48.8 Å². The highest BCUT2D eigenvalue weighted by molar-refractivity contribution is 7.21. The lowest BCUT2D eigenvalue weighted by atomic mass is 10.2. The van der Waals surface area contributed by atoms with Crippen LogP contribution in [0.1, 0.15) is 0 Å². The molecule has 4 aromatic rings. The zero-order chi connectivity index (χ0) is 14.9. The quantitative estimate of drug-likeness (QED) is 0.608. The van der Waals surface area contributed by atoms with E-state index in [-0.39, 0.29) is 0 Å². The molecule has 0 amide bonds. The van der Waals surface area contributed by atoms with Gasteiger partial charge >= 0.3 is 0 Å². The van der Waals surface area contributed by atoms with Crippen LogP contribution in [0.2, 0.25) is 0 Å². The number of benzene rings is 1. The third kappa shape index (κ3) is 2.13. The van der Waals surface area contributed by atoms with Gasteiger partial charge in [0.15, 0.2) is 11.5 Å². The molecule has 3 aromatic heterocycles. The summed E-state index contributed by atoms with van der Waals surface area (Å²) in [6, 6.07) is 12.5. The monoisotopic (exact) mass is 309 g/mol. The molecule has 3 heterocycles. The fourth-order valence-corrected chi connectivity index (χ4v) is 3.58. The molecule has 6 heteroatoms. The van der Waals surface area contributed by atoms with Crippen molar-refractivity contribution >= 4 is 33.1 Å². The van der Waals surface area contributed by atoms with Gasteiger partial charge in [0.05, 0.1) is 0 Å². The molecule has 0 saturated carbocycles. The second kappa shape index (κ2) is 5.40. The Kier molecular flexibility index (Phi) is 3.25. The minimum atomic E-state index is 0.561. The Bertz CT molecular complexity index is 926. The SMILES string of the molecule is NCCNc1nc2cc(-c3ccccc3)sc2n2ccnc12. The van der Waals surface area contributed by atoms with Crippen molar-refractivity contribution < 1.29 is 0 Å². The molecule has 0 saturated heterocycles. The maximum atomic E-state index is 5.57. The van der Waals surface area contributed by atoms with E-state index in [1.165, 1.54) is 10.4 Å². The summed E-state index contributed by atoms with van der Waals surface area (Å²) in [6.07, 6.45) is 3.77. The number of thiophene rings is 1. The van der Waals surface area contributed by atoms with Gasteiger partial charge in [0.2, 0.25) is 0 Å². The van der Waals surface area contributed by atoms with Gasteiger partial charge in [-0.2, -0.15) is 0 Å². The van der Waals surface area contributed by atoms with Crippen LogP contribution in [-0.2, 0) is 0 Å². The Morgan fingerprint density at radius 1 is 1.23 bits per heavy atom.